The van der Waals surface area contributed by atoms with Crippen molar-refractivity contribution in [3.05, 3.63) is 63.6 Å². The van der Waals surface area contributed by atoms with Gasteiger partial charge in [-0.15, -0.1) is 11.3 Å². The lowest BCUT2D eigenvalue weighted by Gasteiger charge is -2.11. The van der Waals surface area contributed by atoms with Crippen LogP contribution in [0.15, 0.2) is 42.5 Å². The summed E-state index contributed by atoms with van der Waals surface area (Å²) < 4.78 is 0. The molecule has 3 rings (SSSR count). The molecule has 0 saturated carbocycles. The van der Waals surface area contributed by atoms with Crippen molar-refractivity contribution in [1.82, 2.24) is 4.98 Å². The van der Waals surface area contributed by atoms with Gasteiger partial charge in [0.1, 0.15) is 0 Å². The molecular weight excluding hydrogens is 276 g/mol. The second-order valence-corrected chi connectivity index (χ2v) is 6.67. The third-order valence-corrected chi connectivity index (χ3v) is 4.90. The monoisotopic (exact) mass is 296 g/mol. The molecule has 0 aliphatic carbocycles. The van der Waals surface area contributed by atoms with E-state index < -0.39 is 0 Å². The van der Waals surface area contributed by atoms with Gasteiger partial charge >= 0.3 is 0 Å². The standard InChI is InChI=1S/C18H20N2S/c1-3-17-12(2)21-18(20-17)11-16(19)15-9-8-13-6-4-5-7-14(13)10-15/h4-10,16H,3,11,19H2,1-2H3. The second kappa shape index (κ2) is 5.96. The van der Waals surface area contributed by atoms with E-state index in [0.29, 0.717) is 0 Å². The van der Waals surface area contributed by atoms with Crippen LogP contribution in [0.3, 0.4) is 0 Å². The van der Waals surface area contributed by atoms with Crippen LogP contribution in [0, 0.1) is 6.92 Å². The number of aryl methyl sites for hydroxylation is 2. The molecule has 1 aromatic heterocycles. The highest BCUT2D eigenvalue weighted by Crippen LogP contribution is 2.25. The predicted molar refractivity (Wildman–Crippen MR) is 90.8 cm³/mol. The lowest BCUT2D eigenvalue weighted by Crippen LogP contribution is -2.13. The third kappa shape index (κ3) is 2.99. The van der Waals surface area contributed by atoms with Crippen LogP contribution in [0.1, 0.15) is 34.1 Å². The Morgan fingerprint density at radius 2 is 1.90 bits per heavy atom. The first-order chi connectivity index (χ1) is 10.2. The van der Waals surface area contributed by atoms with Gasteiger partial charge in [0.25, 0.3) is 0 Å². The van der Waals surface area contributed by atoms with E-state index in [1.54, 1.807) is 11.3 Å². The first-order valence-corrected chi connectivity index (χ1v) is 8.18. The normalized spacial score (nSPS) is 12.7. The molecule has 21 heavy (non-hydrogen) atoms. The summed E-state index contributed by atoms with van der Waals surface area (Å²) in [6.45, 7) is 4.29. The number of hydrogen-bond acceptors (Lipinski definition) is 3. The summed E-state index contributed by atoms with van der Waals surface area (Å²) in [4.78, 5) is 6.01. The highest BCUT2D eigenvalue weighted by molar-refractivity contribution is 7.11. The average molecular weight is 296 g/mol. The van der Waals surface area contributed by atoms with Crippen LogP contribution in [0.25, 0.3) is 10.8 Å². The van der Waals surface area contributed by atoms with E-state index >= 15 is 0 Å². The van der Waals surface area contributed by atoms with Gasteiger partial charge in [0.05, 0.1) is 10.7 Å². The van der Waals surface area contributed by atoms with Crippen LogP contribution in [0.2, 0.25) is 0 Å². The molecule has 0 amide bonds. The van der Waals surface area contributed by atoms with Gasteiger partial charge in [-0.2, -0.15) is 0 Å². The summed E-state index contributed by atoms with van der Waals surface area (Å²) in [5.74, 6) is 0. The van der Waals surface area contributed by atoms with Gasteiger partial charge in [-0.3, -0.25) is 0 Å². The van der Waals surface area contributed by atoms with E-state index in [1.165, 1.54) is 26.9 Å². The smallest absolute Gasteiger partial charge is 0.0949 e. The van der Waals surface area contributed by atoms with Crippen molar-refractivity contribution in [2.24, 2.45) is 5.73 Å². The molecule has 0 saturated heterocycles. The molecule has 2 N–H and O–H groups in total. The molecule has 3 aromatic rings. The Labute approximate surface area is 129 Å². The zero-order valence-electron chi connectivity index (χ0n) is 12.5. The van der Waals surface area contributed by atoms with Gasteiger partial charge in [-0.25, -0.2) is 4.98 Å². The minimum atomic E-state index is 0.00450. The van der Waals surface area contributed by atoms with E-state index in [2.05, 4.69) is 56.3 Å². The zero-order valence-corrected chi connectivity index (χ0v) is 13.3. The van der Waals surface area contributed by atoms with Crippen LogP contribution in [-0.2, 0) is 12.8 Å². The van der Waals surface area contributed by atoms with Crippen molar-refractivity contribution in [2.75, 3.05) is 0 Å². The Morgan fingerprint density at radius 1 is 1.14 bits per heavy atom. The lowest BCUT2D eigenvalue weighted by molar-refractivity contribution is 0.716. The van der Waals surface area contributed by atoms with Gasteiger partial charge < -0.3 is 5.73 Å². The summed E-state index contributed by atoms with van der Waals surface area (Å²) >= 11 is 1.77. The highest BCUT2D eigenvalue weighted by Gasteiger charge is 2.12. The van der Waals surface area contributed by atoms with Crippen LogP contribution in [0.5, 0.6) is 0 Å². The van der Waals surface area contributed by atoms with Crippen LogP contribution in [-0.4, -0.2) is 4.98 Å². The molecule has 1 unspecified atom stereocenters. The van der Waals surface area contributed by atoms with Gasteiger partial charge in [0.15, 0.2) is 0 Å². The maximum Gasteiger partial charge on any atom is 0.0949 e. The van der Waals surface area contributed by atoms with Crippen molar-refractivity contribution in [1.29, 1.82) is 0 Å². The minimum Gasteiger partial charge on any atom is -0.324 e. The van der Waals surface area contributed by atoms with Crippen molar-refractivity contribution < 1.29 is 0 Å². The molecule has 1 atom stereocenters. The molecule has 3 heteroatoms. The molecule has 108 valence electrons. The maximum atomic E-state index is 6.39. The van der Waals surface area contributed by atoms with Crippen molar-refractivity contribution in [3.8, 4) is 0 Å². The Balaban J connectivity index is 1.84. The largest absolute Gasteiger partial charge is 0.324 e. The third-order valence-electron chi connectivity index (χ3n) is 3.87. The first kappa shape index (κ1) is 14.2. The maximum absolute atomic E-state index is 6.39. The Morgan fingerprint density at radius 3 is 2.62 bits per heavy atom. The molecule has 0 radical (unpaired) electrons. The fraction of sp³-hybridized carbons (Fsp3) is 0.278. The molecule has 0 bridgehead atoms. The average Bonchev–Trinajstić information content (AvgIpc) is 2.86. The number of nitrogens with two attached hydrogens (primary N) is 1. The number of fused-ring (bicyclic) bond motifs is 1. The number of hydrogen-bond donors (Lipinski definition) is 1. The zero-order chi connectivity index (χ0) is 14.8. The Kier molecular flexibility index (Phi) is 4.04. The summed E-state index contributed by atoms with van der Waals surface area (Å²) in [6, 6.07) is 14.9. The summed E-state index contributed by atoms with van der Waals surface area (Å²) in [5.41, 5.74) is 8.77. The number of aromatic nitrogens is 1. The first-order valence-electron chi connectivity index (χ1n) is 7.37. The predicted octanol–water partition coefficient (Wildman–Crippen LogP) is 4.41. The molecule has 0 spiro atoms. The fourth-order valence-corrected chi connectivity index (χ4v) is 3.73. The summed E-state index contributed by atoms with van der Waals surface area (Å²) in [7, 11) is 0. The Bertz CT molecular complexity index is 761. The van der Waals surface area contributed by atoms with Crippen LogP contribution in [0.4, 0.5) is 0 Å². The summed E-state index contributed by atoms with van der Waals surface area (Å²) in [6.07, 6.45) is 1.80. The van der Waals surface area contributed by atoms with E-state index in [9.17, 15) is 0 Å². The van der Waals surface area contributed by atoms with Crippen molar-refractivity contribution in [2.45, 2.75) is 32.7 Å². The second-order valence-electron chi connectivity index (χ2n) is 5.38. The number of thiazole rings is 1. The molecule has 1 heterocycles. The summed E-state index contributed by atoms with van der Waals surface area (Å²) in [5, 5.41) is 3.65. The number of rotatable bonds is 4. The van der Waals surface area contributed by atoms with E-state index in [4.69, 9.17) is 10.7 Å². The van der Waals surface area contributed by atoms with Crippen molar-refractivity contribution in [3.63, 3.8) is 0 Å². The molecular formula is C18H20N2S. The minimum absolute atomic E-state index is 0.00450. The van der Waals surface area contributed by atoms with E-state index in [1.807, 2.05) is 0 Å². The SMILES string of the molecule is CCc1nc(CC(N)c2ccc3ccccc3c2)sc1C. The molecule has 2 nitrogen and oxygen atoms in total. The molecule has 0 aliphatic rings. The van der Waals surface area contributed by atoms with Gasteiger partial charge in [-0.1, -0.05) is 43.3 Å². The molecule has 2 aromatic carbocycles. The number of nitrogens with zero attached hydrogens (tertiary/aromatic N) is 1. The molecule has 0 fully saturated rings. The molecule has 0 aliphatic heterocycles. The van der Waals surface area contributed by atoms with Crippen molar-refractivity contribution >= 4 is 22.1 Å². The number of benzene rings is 2. The quantitative estimate of drug-likeness (QED) is 0.774. The lowest BCUT2D eigenvalue weighted by atomic mass is 10.0. The Hall–Kier alpha value is -1.71. The van der Waals surface area contributed by atoms with Gasteiger partial charge in [0.2, 0.25) is 0 Å². The van der Waals surface area contributed by atoms with E-state index in [0.717, 1.165) is 17.8 Å². The highest BCUT2D eigenvalue weighted by atomic mass is 32.1. The fourth-order valence-electron chi connectivity index (χ4n) is 2.65. The van der Waals surface area contributed by atoms with Gasteiger partial charge in [-0.05, 0) is 35.7 Å². The van der Waals surface area contributed by atoms with Crippen LogP contribution >= 0.6 is 11.3 Å². The topological polar surface area (TPSA) is 38.9 Å². The van der Waals surface area contributed by atoms with Crippen LogP contribution < -0.4 is 5.73 Å². The van der Waals surface area contributed by atoms with E-state index in [-0.39, 0.29) is 6.04 Å². The van der Waals surface area contributed by atoms with Gasteiger partial charge in [0, 0.05) is 17.3 Å².